The van der Waals surface area contributed by atoms with Gasteiger partial charge in [0.05, 0.1) is 11.1 Å². The third kappa shape index (κ3) is 5.45. The van der Waals surface area contributed by atoms with E-state index >= 15 is 0 Å². The minimum atomic E-state index is -0.135. The van der Waals surface area contributed by atoms with E-state index in [9.17, 15) is 4.79 Å². The average molecular weight is 470 g/mol. The number of amides is 1. The third-order valence-corrected chi connectivity index (χ3v) is 6.74. The molecule has 0 atom stereocenters. The van der Waals surface area contributed by atoms with Crippen molar-refractivity contribution < 1.29 is 14.3 Å². The van der Waals surface area contributed by atoms with Crippen LogP contribution in [0.15, 0.2) is 72.9 Å². The molecule has 1 aliphatic rings. The maximum absolute atomic E-state index is 13.2. The van der Waals surface area contributed by atoms with Gasteiger partial charge >= 0.3 is 0 Å². The lowest BCUT2D eigenvalue weighted by Gasteiger charge is -2.31. The summed E-state index contributed by atoms with van der Waals surface area (Å²) in [6, 6.07) is 22.4. The number of ether oxygens (including phenoxy) is 2. The van der Waals surface area contributed by atoms with Crippen LogP contribution < -0.4 is 10.1 Å². The predicted molar refractivity (Wildman–Crippen MR) is 139 cm³/mol. The number of nitrogens with one attached hydrogen (secondary N) is 1. The van der Waals surface area contributed by atoms with Gasteiger partial charge in [-0.1, -0.05) is 42.5 Å². The zero-order chi connectivity index (χ0) is 24.0. The molecule has 6 nitrogen and oxygen atoms in total. The minimum Gasteiger partial charge on any atom is -0.492 e. The fourth-order valence-electron chi connectivity index (χ4n) is 4.74. The van der Waals surface area contributed by atoms with Crippen LogP contribution in [-0.2, 0) is 11.3 Å². The minimum absolute atomic E-state index is 0.135. The molecule has 1 aliphatic heterocycles. The topological polar surface area (TPSA) is 63.7 Å². The SMILES string of the molecule is CN(CCOc1cccc(CNC(=O)c2cc3ccccc3c3cccnc23)c1)C1CCOCC1. The quantitative estimate of drug-likeness (QED) is 0.375. The molecule has 1 aromatic heterocycles. The monoisotopic (exact) mass is 469 g/mol. The number of fused-ring (bicyclic) bond motifs is 3. The molecular weight excluding hydrogens is 438 g/mol. The zero-order valence-electron chi connectivity index (χ0n) is 20.1. The van der Waals surface area contributed by atoms with Crippen LogP contribution >= 0.6 is 0 Å². The van der Waals surface area contributed by atoms with Crippen LogP contribution in [0.2, 0.25) is 0 Å². The van der Waals surface area contributed by atoms with Crippen molar-refractivity contribution in [1.82, 2.24) is 15.2 Å². The molecule has 0 spiro atoms. The molecule has 6 heteroatoms. The van der Waals surface area contributed by atoms with Gasteiger partial charge in [-0.25, -0.2) is 0 Å². The van der Waals surface area contributed by atoms with Crippen LogP contribution in [0.25, 0.3) is 21.7 Å². The number of carbonyl (C=O) groups is 1. The third-order valence-electron chi connectivity index (χ3n) is 6.74. The maximum atomic E-state index is 13.2. The summed E-state index contributed by atoms with van der Waals surface area (Å²) in [6.07, 6.45) is 3.88. The van der Waals surface area contributed by atoms with Crippen LogP contribution in [0, 0.1) is 0 Å². The predicted octanol–water partition coefficient (Wildman–Crippen LogP) is 4.81. The molecule has 5 rings (SSSR count). The van der Waals surface area contributed by atoms with E-state index in [2.05, 4.69) is 28.3 Å². The molecule has 0 radical (unpaired) electrons. The van der Waals surface area contributed by atoms with Gasteiger partial charge in [-0.3, -0.25) is 14.7 Å². The Morgan fingerprint density at radius 1 is 1.06 bits per heavy atom. The van der Waals surface area contributed by atoms with E-state index < -0.39 is 0 Å². The number of rotatable bonds is 8. The van der Waals surface area contributed by atoms with Crippen LogP contribution in [0.4, 0.5) is 0 Å². The largest absolute Gasteiger partial charge is 0.492 e. The lowest BCUT2D eigenvalue weighted by molar-refractivity contribution is 0.0392. The van der Waals surface area contributed by atoms with Crippen LogP contribution in [0.1, 0.15) is 28.8 Å². The lowest BCUT2D eigenvalue weighted by atomic mass is 10.0. The Kier molecular flexibility index (Phi) is 7.21. The molecule has 180 valence electrons. The molecule has 0 bridgehead atoms. The first kappa shape index (κ1) is 23.3. The second-order valence-electron chi connectivity index (χ2n) is 9.05. The van der Waals surface area contributed by atoms with Gasteiger partial charge in [0, 0.05) is 43.9 Å². The molecule has 0 aliphatic carbocycles. The van der Waals surface area contributed by atoms with Crippen LogP contribution in [0.5, 0.6) is 5.75 Å². The van der Waals surface area contributed by atoms with Crippen molar-refractivity contribution in [3.8, 4) is 5.75 Å². The highest BCUT2D eigenvalue weighted by molar-refractivity contribution is 6.15. The van der Waals surface area contributed by atoms with Gasteiger partial charge in [-0.15, -0.1) is 0 Å². The normalized spacial score (nSPS) is 14.5. The summed E-state index contributed by atoms with van der Waals surface area (Å²) in [5.74, 6) is 0.679. The smallest absolute Gasteiger partial charge is 0.253 e. The molecule has 1 saturated heterocycles. The Balaban J connectivity index is 1.22. The van der Waals surface area contributed by atoms with Gasteiger partial charge in [0.25, 0.3) is 5.91 Å². The highest BCUT2D eigenvalue weighted by atomic mass is 16.5. The van der Waals surface area contributed by atoms with E-state index in [-0.39, 0.29) is 5.91 Å². The van der Waals surface area contributed by atoms with E-state index in [1.54, 1.807) is 6.20 Å². The Labute approximate surface area is 205 Å². The number of hydrogen-bond acceptors (Lipinski definition) is 5. The molecule has 0 saturated carbocycles. The van der Waals surface area contributed by atoms with Crippen molar-refractivity contribution in [3.05, 3.63) is 84.1 Å². The summed E-state index contributed by atoms with van der Waals surface area (Å²) in [5.41, 5.74) is 2.30. The fraction of sp³-hybridized carbons (Fsp3) is 0.310. The van der Waals surface area contributed by atoms with E-state index in [4.69, 9.17) is 9.47 Å². The summed E-state index contributed by atoms with van der Waals surface area (Å²) in [5, 5.41) is 6.17. The molecule has 0 unspecified atom stereocenters. The first-order valence-corrected chi connectivity index (χ1v) is 12.2. The number of carbonyl (C=O) groups excluding carboxylic acids is 1. The van der Waals surface area contributed by atoms with Crippen molar-refractivity contribution in [1.29, 1.82) is 0 Å². The number of nitrogens with zero attached hydrogens (tertiary/aromatic N) is 2. The first-order chi connectivity index (χ1) is 17.2. The van der Waals surface area contributed by atoms with Gasteiger partial charge in [0.15, 0.2) is 0 Å². The summed E-state index contributed by atoms with van der Waals surface area (Å²) in [6.45, 7) is 3.59. The van der Waals surface area contributed by atoms with Gasteiger partial charge in [-0.2, -0.15) is 0 Å². The average Bonchev–Trinajstić information content (AvgIpc) is 2.92. The van der Waals surface area contributed by atoms with Crippen LogP contribution in [0.3, 0.4) is 0 Å². The number of pyridine rings is 1. The molecule has 3 aromatic carbocycles. The van der Waals surface area contributed by atoms with Crippen molar-refractivity contribution in [2.75, 3.05) is 33.4 Å². The molecule has 1 fully saturated rings. The van der Waals surface area contributed by atoms with Crippen molar-refractivity contribution >= 4 is 27.6 Å². The summed E-state index contributed by atoms with van der Waals surface area (Å²) >= 11 is 0. The summed E-state index contributed by atoms with van der Waals surface area (Å²) in [4.78, 5) is 20.0. The molecule has 35 heavy (non-hydrogen) atoms. The molecule has 2 heterocycles. The van der Waals surface area contributed by atoms with Crippen LogP contribution in [-0.4, -0.2) is 55.2 Å². The van der Waals surface area contributed by atoms with E-state index in [1.165, 1.54) is 0 Å². The summed E-state index contributed by atoms with van der Waals surface area (Å²) < 4.78 is 11.5. The highest BCUT2D eigenvalue weighted by Gasteiger charge is 2.18. The van der Waals surface area contributed by atoms with Gasteiger partial charge < -0.3 is 14.8 Å². The Morgan fingerprint density at radius 2 is 1.89 bits per heavy atom. The fourth-order valence-corrected chi connectivity index (χ4v) is 4.74. The molecule has 1 amide bonds. The number of likely N-dealkylation sites (N-methyl/N-ethyl adjacent to an activating group) is 1. The van der Waals surface area contributed by atoms with Gasteiger partial charge in [0.2, 0.25) is 0 Å². The van der Waals surface area contributed by atoms with Gasteiger partial charge in [0.1, 0.15) is 12.4 Å². The second-order valence-corrected chi connectivity index (χ2v) is 9.05. The van der Waals surface area contributed by atoms with E-state index in [1.807, 2.05) is 60.7 Å². The van der Waals surface area contributed by atoms with Gasteiger partial charge in [-0.05, 0) is 60.5 Å². The van der Waals surface area contributed by atoms with E-state index in [0.29, 0.717) is 24.8 Å². The van der Waals surface area contributed by atoms with Crippen molar-refractivity contribution in [3.63, 3.8) is 0 Å². The molecule has 1 N–H and O–H groups in total. The summed E-state index contributed by atoms with van der Waals surface area (Å²) in [7, 11) is 2.15. The zero-order valence-corrected chi connectivity index (χ0v) is 20.1. The second kappa shape index (κ2) is 10.8. The lowest BCUT2D eigenvalue weighted by Crippen LogP contribution is -2.38. The molecular formula is C29H31N3O3. The number of benzene rings is 3. The first-order valence-electron chi connectivity index (χ1n) is 12.2. The van der Waals surface area contributed by atoms with Crippen molar-refractivity contribution in [2.45, 2.75) is 25.4 Å². The standard InChI is InChI=1S/C29H31N3O3/c1-32(23-11-15-34-16-12-23)14-17-35-24-8-4-6-21(18-24)20-31-29(33)27-19-22-7-2-3-9-25(22)26-10-5-13-30-28(26)27/h2-10,13,18-19,23H,11-12,14-17,20H2,1H3,(H,31,33). The Morgan fingerprint density at radius 3 is 2.77 bits per heavy atom. The number of hydrogen-bond donors (Lipinski definition) is 1. The maximum Gasteiger partial charge on any atom is 0.253 e. The van der Waals surface area contributed by atoms with E-state index in [0.717, 1.165) is 65.6 Å². The Hall–Kier alpha value is -3.48. The molecule has 4 aromatic rings. The highest BCUT2D eigenvalue weighted by Crippen LogP contribution is 2.27. The van der Waals surface area contributed by atoms with Crippen molar-refractivity contribution in [2.24, 2.45) is 0 Å². The number of aromatic nitrogens is 1. The Bertz CT molecular complexity index is 1320.